The Hall–Kier alpha value is -3.00. The maximum Gasteiger partial charge on any atom is 0.244 e. The van der Waals surface area contributed by atoms with Crippen LogP contribution in [0.3, 0.4) is 0 Å². The number of carbonyl (C=O) groups excluding carboxylic acids is 1. The van der Waals surface area contributed by atoms with Crippen molar-refractivity contribution in [3.63, 3.8) is 0 Å². The molecular weight excluding hydrogens is 334 g/mol. The molecule has 0 bridgehead atoms. The van der Waals surface area contributed by atoms with E-state index in [0.717, 1.165) is 5.52 Å². The Morgan fingerprint density at radius 1 is 1.27 bits per heavy atom. The van der Waals surface area contributed by atoms with E-state index in [1.165, 1.54) is 12.2 Å². The summed E-state index contributed by atoms with van der Waals surface area (Å²) >= 11 is 0. The van der Waals surface area contributed by atoms with E-state index >= 15 is 0 Å². The molecule has 3 aromatic rings. The molecule has 0 aliphatic rings. The second-order valence-corrected chi connectivity index (χ2v) is 6.72. The predicted octanol–water partition coefficient (Wildman–Crippen LogP) is 2.34. The van der Waals surface area contributed by atoms with E-state index in [1.807, 2.05) is 57.1 Å². The van der Waals surface area contributed by atoms with Crippen molar-refractivity contribution in [3.05, 3.63) is 47.9 Å². The van der Waals surface area contributed by atoms with Gasteiger partial charge in [0.05, 0.1) is 12.1 Å². The number of fused-ring (bicyclic) bond motifs is 1. The number of hydrogen-bond donors (Lipinski definition) is 1. The van der Waals surface area contributed by atoms with Crippen LogP contribution in [0, 0.1) is 0 Å². The van der Waals surface area contributed by atoms with Gasteiger partial charge < -0.3 is 19.2 Å². The summed E-state index contributed by atoms with van der Waals surface area (Å²) in [6, 6.07) is 7.42. The largest absolute Gasteiger partial charge is 0.437 e. The molecule has 3 rings (SSSR count). The highest BCUT2D eigenvalue weighted by molar-refractivity contribution is 5.92. The predicted molar refractivity (Wildman–Crippen MR) is 95.9 cm³/mol. The lowest BCUT2D eigenvalue weighted by Crippen LogP contribution is -2.41. The molecule has 1 N–H and O–H groups in total. The topological polar surface area (TPSA) is 97.3 Å². The van der Waals surface area contributed by atoms with Crippen LogP contribution in [0.1, 0.15) is 31.5 Å². The molecule has 0 aliphatic heterocycles. The first-order chi connectivity index (χ1) is 12.3. The molecule has 1 amide bonds. The molecular formula is C18H21N5O3. The van der Waals surface area contributed by atoms with E-state index in [4.69, 9.17) is 8.94 Å². The minimum atomic E-state index is -0.781. The number of nitrogens with zero attached hydrogens (tertiary/aromatic N) is 4. The standard InChI is InChI=1S/C18H21N5O3/c1-18(2,17-20-16(26-22-17)11-23(3)4)21-14(24)9-10-15-19-12-7-5-6-8-13(12)25-15/h5-10H,11H2,1-4H3,(H,21,24). The van der Waals surface area contributed by atoms with Gasteiger partial charge in [-0.25, -0.2) is 4.98 Å². The van der Waals surface area contributed by atoms with Gasteiger partial charge in [-0.1, -0.05) is 17.3 Å². The Kier molecular flexibility index (Phi) is 4.85. The fourth-order valence-corrected chi connectivity index (χ4v) is 2.36. The van der Waals surface area contributed by atoms with Crippen LogP contribution in [0.5, 0.6) is 0 Å². The quantitative estimate of drug-likeness (QED) is 0.678. The smallest absolute Gasteiger partial charge is 0.244 e. The van der Waals surface area contributed by atoms with Gasteiger partial charge in [0.15, 0.2) is 11.4 Å². The number of aromatic nitrogens is 3. The maximum absolute atomic E-state index is 12.2. The van der Waals surface area contributed by atoms with Crippen molar-refractivity contribution in [2.24, 2.45) is 0 Å². The highest BCUT2D eigenvalue weighted by Crippen LogP contribution is 2.18. The zero-order valence-corrected chi connectivity index (χ0v) is 15.2. The van der Waals surface area contributed by atoms with Crippen LogP contribution < -0.4 is 5.32 Å². The van der Waals surface area contributed by atoms with Gasteiger partial charge in [-0.2, -0.15) is 4.98 Å². The van der Waals surface area contributed by atoms with E-state index in [-0.39, 0.29) is 5.91 Å². The molecule has 0 radical (unpaired) electrons. The monoisotopic (exact) mass is 355 g/mol. The van der Waals surface area contributed by atoms with Crippen LogP contribution in [-0.2, 0) is 16.9 Å². The number of hydrogen-bond acceptors (Lipinski definition) is 7. The molecule has 0 unspecified atom stereocenters. The number of rotatable bonds is 6. The Morgan fingerprint density at radius 3 is 2.77 bits per heavy atom. The van der Waals surface area contributed by atoms with E-state index < -0.39 is 5.54 Å². The molecule has 0 atom stereocenters. The number of nitrogens with one attached hydrogen (secondary N) is 1. The number of benzene rings is 1. The van der Waals surface area contributed by atoms with Crippen molar-refractivity contribution >= 4 is 23.1 Å². The molecule has 8 nitrogen and oxygen atoms in total. The van der Waals surface area contributed by atoms with Crippen molar-refractivity contribution in [3.8, 4) is 0 Å². The fourth-order valence-electron chi connectivity index (χ4n) is 2.36. The molecule has 0 aliphatic carbocycles. The van der Waals surface area contributed by atoms with Gasteiger partial charge in [0.2, 0.25) is 17.7 Å². The highest BCUT2D eigenvalue weighted by Gasteiger charge is 2.28. The number of amides is 1. The summed E-state index contributed by atoms with van der Waals surface area (Å²) < 4.78 is 10.8. The van der Waals surface area contributed by atoms with Crippen molar-refractivity contribution in [2.75, 3.05) is 14.1 Å². The minimum absolute atomic E-state index is 0.309. The van der Waals surface area contributed by atoms with E-state index in [0.29, 0.717) is 29.7 Å². The van der Waals surface area contributed by atoms with Crippen LogP contribution in [0.4, 0.5) is 0 Å². The third kappa shape index (κ3) is 4.15. The summed E-state index contributed by atoms with van der Waals surface area (Å²) in [7, 11) is 3.82. The van der Waals surface area contributed by atoms with Gasteiger partial charge in [-0.05, 0) is 40.1 Å². The summed E-state index contributed by atoms with van der Waals surface area (Å²) in [5.74, 6) is 0.968. The van der Waals surface area contributed by atoms with Gasteiger partial charge >= 0.3 is 0 Å². The molecule has 0 spiro atoms. The molecule has 2 aromatic heterocycles. The lowest BCUT2D eigenvalue weighted by molar-refractivity contribution is -0.118. The second-order valence-electron chi connectivity index (χ2n) is 6.72. The average Bonchev–Trinajstić information content (AvgIpc) is 3.18. The van der Waals surface area contributed by atoms with Crippen molar-refractivity contribution < 1.29 is 13.7 Å². The van der Waals surface area contributed by atoms with Gasteiger partial charge in [0, 0.05) is 12.2 Å². The zero-order valence-electron chi connectivity index (χ0n) is 15.2. The van der Waals surface area contributed by atoms with Gasteiger partial charge in [0.25, 0.3) is 0 Å². The fraction of sp³-hybridized carbons (Fsp3) is 0.333. The molecule has 8 heteroatoms. The summed E-state index contributed by atoms with van der Waals surface area (Å²) in [6.45, 7) is 4.15. The summed E-state index contributed by atoms with van der Waals surface area (Å²) in [4.78, 5) is 22.8. The van der Waals surface area contributed by atoms with Crippen LogP contribution >= 0.6 is 0 Å². The first-order valence-electron chi connectivity index (χ1n) is 8.17. The minimum Gasteiger partial charge on any atom is -0.437 e. The second kappa shape index (κ2) is 7.09. The average molecular weight is 355 g/mol. The molecule has 26 heavy (non-hydrogen) atoms. The van der Waals surface area contributed by atoms with Crippen LogP contribution in [-0.4, -0.2) is 40.0 Å². The van der Waals surface area contributed by atoms with Gasteiger partial charge in [0.1, 0.15) is 5.52 Å². The molecule has 0 fully saturated rings. The van der Waals surface area contributed by atoms with Crippen LogP contribution in [0.2, 0.25) is 0 Å². The molecule has 1 aromatic carbocycles. The molecule has 136 valence electrons. The molecule has 0 saturated carbocycles. The van der Waals surface area contributed by atoms with Crippen molar-refractivity contribution in [2.45, 2.75) is 25.9 Å². The van der Waals surface area contributed by atoms with E-state index in [1.54, 1.807) is 0 Å². The van der Waals surface area contributed by atoms with E-state index in [9.17, 15) is 4.79 Å². The van der Waals surface area contributed by atoms with Crippen molar-refractivity contribution in [1.29, 1.82) is 0 Å². The Morgan fingerprint density at radius 2 is 2.04 bits per heavy atom. The van der Waals surface area contributed by atoms with E-state index in [2.05, 4.69) is 20.4 Å². The normalized spacial score (nSPS) is 12.3. The van der Waals surface area contributed by atoms with Crippen LogP contribution in [0.15, 0.2) is 39.3 Å². The van der Waals surface area contributed by atoms with Gasteiger partial charge in [-0.3, -0.25) is 4.79 Å². The summed E-state index contributed by atoms with van der Waals surface area (Å²) in [5, 5.41) is 6.81. The Balaban J connectivity index is 1.66. The van der Waals surface area contributed by atoms with Gasteiger partial charge in [-0.15, -0.1) is 0 Å². The number of carbonyl (C=O) groups is 1. The third-order valence-electron chi connectivity index (χ3n) is 3.60. The highest BCUT2D eigenvalue weighted by atomic mass is 16.5. The number of oxazole rings is 1. The molecule has 0 saturated heterocycles. The third-order valence-corrected chi connectivity index (χ3v) is 3.60. The SMILES string of the molecule is CN(C)Cc1nc(C(C)(C)NC(=O)C=Cc2nc3ccccc3o2)no1. The van der Waals surface area contributed by atoms with Crippen LogP contribution in [0.25, 0.3) is 17.2 Å². The Labute approximate surface area is 150 Å². The zero-order chi connectivity index (χ0) is 18.7. The first kappa shape index (κ1) is 17.8. The Bertz CT molecular complexity index is 906. The molecule has 2 heterocycles. The first-order valence-corrected chi connectivity index (χ1v) is 8.17. The summed E-state index contributed by atoms with van der Waals surface area (Å²) in [6.07, 6.45) is 2.90. The summed E-state index contributed by atoms with van der Waals surface area (Å²) in [5.41, 5.74) is 0.637. The maximum atomic E-state index is 12.2. The van der Waals surface area contributed by atoms with Crippen molar-refractivity contribution in [1.82, 2.24) is 25.3 Å². The lowest BCUT2D eigenvalue weighted by atomic mass is 10.1. The lowest BCUT2D eigenvalue weighted by Gasteiger charge is -2.21. The number of para-hydroxylation sites is 2.